The van der Waals surface area contributed by atoms with Crippen LogP contribution in [0.3, 0.4) is 0 Å². The van der Waals surface area contributed by atoms with Crippen LogP contribution in [-0.4, -0.2) is 27.4 Å². The molecular formula is C6H16F4Hf2O4. The number of hydrogen-bond acceptors (Lipinski definition) is 4. The maximum atomic E-state index is 14.0. The van der Waals surface area contributed by atoms with E-state index in [9.17, 15) is 10.7 Å². The molecule has 0 aliphatic heterocycles. The van der Waals surface area contributed by atoms with E-state index in [1.54, 1.807) is 0 Å². The van der Waals surface area contributed by atoms with Crippen molar-refractivity contribution < 1.29 is 66.2 Å². The summed E-state index contributed by atoms with van der Waals surface area (Å²) in [5.74, 6) is 0. The van der Waals surface area contributed by atoms with Gasteiger partial charge in [-0.2, -0.15) is 0 Å². The van der Waals surface area contributed by atoms with Crippen LogP contribution in [0.1, 0.15) is 13.8 Å². The molecule has 0 aliphatic rings. The third-order valence-electron chi connectivity index (χ3n) is 1.67. The molecule has 0 rings (SSSR count). The quantitative estimate of drug-likeness (QED) is 0.356. The Hall–Kier alpha value is 1.30. The van der Waals surface area contributed by atoms with Gasteiger partial charge in [-0.25, -0.2) is 0 Å². The summed E-state index contributed by atoms with van der Waals surface area (Å²) in [6.07, 6.45) is 0. The summed E-state index contributed by atoms with van der Waals surface area (Å²) < 4.78 is 64.6. The van der Waals surface area contributed by atoms with Gasteiger partial charge < -0.3 is 0 Å². The summed E-state index contributed by atoms with van der Waals surface area (Å²) in [7, 11) is 1.66. The van der Waals surface area contributed by atoms with Gasteiger partial charge in [0, 0.05) is 0 Å². The summed E-state index contributed by atoms with van der Waals surface area (Å²) in [5.41, 5.74) is 0. The Balaban J connectivity index is 0. The van der Waals surface area contributed by atoms with Gasteiger partial charge in [0.1, 0.15) is 0 Å². The van der Waals surface area contributed by atoms with Crippen molar-refractivity contribution in [3.63, 3.8) is 0 Å². The molecule has 0 N–H and O–H groups in total. The Labute approximate surface area is 107 Å². The van der Waals surface area contributed by atoms with Gasteiger partial charge in [0.25, 0.3) is 0 Å². The van der Waals surface area contributed by atoms with Crippen molar-refractivity contribution in [1.29, 1.82) is 0 Å². The van der Waals surface area contributed by atoms with E-state index in [0.29, 0.717) is 0 Å². The molecule has 4 nitrogen and oxygen atoms in total. The van der Waals surface area contributed by atoms with E-state index in [1.807, 2.05) is 0 Å². The molecule has 16 heavy (non-hydrogen) atoms. The van der Waals surface area contributed by atoms with Crippen molar-refractivity contribution in [3.05, 3.63) is 0 Å². The minimum absolute atomic E-state index is 0.226. The van der Waals surface area contributed by atoms with Crippen LogP contribution in [0.5, 0.6) is 0 Å². The van der Waals surface area contributed by atoms with Crippen LogP contribution in [0.4, 0.5) is 10.7 Å². The zero-order valence-electron chi connectivity index (χ0n) is 9.56. The van der Waals surface area contributed by atoms with Gasteiger partial charge >= 0.3 is 107 Å². The van der Waals surface area contributed by atoms with E-state index in [1.165, 1.54) is 13.8 Å². The Morgan fingerprint density at radius 3 is 1.31 bits per heavy atom. The second kappa shape index (κ2) is 7.03. The zero-order valence-corrected chi connectivity index (χ0v) is 16.7. The molecule has 100 valence electrons. The molecule has 0 fully saturated rings. The molecule has 0 saturated heterocycles. The molecule has 0 heterocycles. The number of hydrogen-bond donors (Lipinski definition) is 0. The molecular weight excluding hydrogens is 569 g/mol. The van der Waals surface area contributed by atoms with Crippen LogP contribution >= 0.6 is 0 Å². The first-order valence-electron chi connectivity index (χ1n) is 4.38. The molecule has 0 aromatic rings. The predicted molar refractivity (Wildman–Crippen MR) is 41.7 cm³/mol. The Bertz CT molecular complexity index is 197. The fourth-order valence-electron chi connectivity index (χ4n) is 0.932. The number of rotatable bonds is 6. The first-order chi connectivity index (χ1) is 7.21. The minimum atomic E-state index is -7.79. The van der Waals surface area contributed by atoms with Crippen molar-refractivity contribution in [2.45, 2.75) is 13.8 Å². The molecule has 0 amide bonds. The Morgan fingerprint density at radius 2 is 1.19 bits per heavy atom. The van der Waals surface area contributed by atoms with Gasteiger partial charge in [0.2, 0.25) is 0 Å². The summed E-state index contributed by atoms with van der Waals surface area (Å²) in [5, 5.41) is 0. The van der Waals surface area contributed by atoms with Crippen LogP contribution in [0, 0.1) is 0 Å². The Morgan fingerprint density at radius 1 is 0.938 bits per heavy atom. The second-order valence-corrected chi connectivity index (χ2v) is 16.6. The van der Waals surface area contributed by atoms with Gasteiger partial charge in [-0.3, -0.25) is 0 Å². The predicted octanol–water partition coefficient (Wildman–Crippen LogP) is 2.84. The van der Waals surface area contributed by atoms with Crippen LogP contribution in [-0.2, 0) is 55.5 Å². The van der Waals surface area contributed by atoms with E-state index in [0.717, 1.165) is 14.2 Å². The van der Waals surface area contributed by atoms with Gasteiger partial charge in [0.15, 0.2) is 0 Å². The van der Waals surface area contributed by atoms with Gasteiger partial charge in [0.05, 0.1) is 0 Å². The summed E-state index contributed by atoms with van der Waals surface area (Å²) in [6, 6.07) is 0. The molecule has 0 spiro atoms. The summed E-state index contributed by atoms with van der Waals surface area (Å²) >= 11 is -10.7. The van der Waals surface area contributed by atoms with E-state index in [2.05, 4.69) is 11.4 Å². The zero-order chi connectivity index (χ0) is 13.4. The van der Waals surface area contributed by atoms with E-state index >= 15 is 0 Å². The number of halogens is 4. The monoisotopic (exact) mass is 588 g/mol. The first-order valence-corrected chi connectivity index (χ1v) is 15.7. The van der Waals surface area contributed by atoms with Crippen molar-refractivity contribution in [3.8, 4) is 0 Å². The molecule has 0 bridgehead atoms. The van der Waals surface area contributed by atoms with E-state index in [-0.39, 0.29) is 13.2 Å². The molecule has 0 unspecified atom stereocenters. The van der Waals surface area contributed by atoms with Gasteiger partial charge in [-0.05, 0) is 0 Å². The van der Waals surface area contributed by atoms with Gasteiger partial charge in [-0.1, -0.05) is 0 Å². The molecule has 10 heteroatoms. The first kappa shape index (κ1) is 19.6. The second-order valence-electron chi connectivity index (χ2n) is 2.53. The average molecular weight is 585 g/mol. The van der Waals surface area contributed by atoms with Crippen LogP contribution < -0.4 is 0 Å². The van der Waals surface area contributed by atoms with Crippen LogP contribution in [0.15, 0.2) is 0 Å². The average Bonchev–Trinajstić information content (AvgIpc) is 2.21. The molecule has 0 atom stereocenters. The van der Waals surface area contributed by atoms with Crippen LogP contribution in [0.2, 0.25) is 0 Å². The summed E-state index contributed by atoms with van der Waals surface area (Å²) in [4.78, 5) is 0. The van der Waals surface area contributed by atoms with Crippen LogP contribution in [0.25, 0.3) is 0 Å². The standard InChI is InChI=1S/2C2H5O.2CH3O.4FH.2Hf/c2*1-2-3;2*1-2;;;;;;/h2*2H2,1H3;2*1H3;4*1H;;/q4*-1;;;;;+2;+6/p-4. The van der Waals surface area contributed by atoms with Gasteiger partial charge in [-0.15, -0.1) is 0 Å². The molecule has 0 aromatic heterocycles. The third-order valence-corrected chi connectivity index (χ3v) is 13.7. The third kappa shape index (κ3) is 5.76. The fraction of sp³-hybridized carbons (Fsp3) is 1.00. The van der Waals surface area contributed by atoms with Crippen molar-refractivity contribution in [1.82, 2.24) is 0 Å². The normalized spacial score (nSPS) is 15.5. The van der Waals surface area contributed by atoms with E-state index in [4.69, 9.17) is 0 Å². The van der Waals surface area contributed by atoms with Crippen molar-refractivity contribution in [2.75, 3.05) is 27.4 Å². The fourth-order valence-corrected chi connectivity index (χ4v) is 7.63. The summed E-state index contributed by atoms with van der Waals surface area (Å²) in [6.45, 7) is 2.39. The topological polar surface area (TPSA) is 36.9 Å². The Kier molecular flexibility index (Phi) is 8.63. The van der Waals surface area contributed by atoms with Crippen molar-refractivity contribution >= 4 is 0 Å². The maximum absolute atomic E-state index is 14.0. The SMILES string of the molecule is CC[O][Hf]([F])([F])([O]C)([O]C)[O]CC.[F][Hf][F]. The molecule has 0 aromatic carbocycles. The molecule has 0 aliphatic carbocycles. The van der Waals surface area contributed by atoms with E-state index < -0.39 is 44.1 Å². The molecule has 0 saturated carbocycles. The van der Waals surface area contributed by atoms with Crippen molar-refractivity contribution in [2.24, 2.45) is 0 Å². The molecule has 0 radical (unpaired) electrons.